The third-order valence-electron chi connectivity index (χ3n) is 6.27. The van der Waals surface area contributed by atoms with Crippen LogP contribution in [0.5, 0.6) is 0 Å². The summed E-state index contributed by atoms with van der Waals surface area (Å²) >= 11 is 0. The number of piperidine rings is 1. The summed E-state index contributed by atoms with van der Waals surface area (Å²) in [5.74, 6) is -1.25. The molecule has 0 saturated carbocycles. The SMILES string of the molecule is O=C1CC2(CCN(c3ncc4cnn(CC(F)F)c4n3)CC2)CN1c1ccnc(C(F)(F)F)n1. The Hall–Kier alpha value is -3.45. The summed E-state index contributed by atoms with van der Waals surface area (Å²) in [6.07, 6.45) is -1.93. The van der Waals surface area contributed by atoms with Crippen molar-refractivity contribution in [3.8, 4) is 0 Å². The van der Waals surface area contributed by atoms with E-state index in [2.05, 4.69) is 25.0 Å². The van der Waals surface area contributed by atoms with Gasteiger partial charge in [0.15, 0.2) is 5.65 Å². The van der Waals surface area contributed by atoms with Gasteiger partial charge in [-0.05, 0) is 18.9 Å². The van der Waals surface area contributed by atoms with Gasteiger partial charge < -0.3 is 4.90 Å². The third-order valence-corrected chi connectivity index (χ3v) is 6.27. The molecule has 0 aromatic carbocycles. The fourth-order valence-corrected chi connectivity index (χ4v) is 4.53. The van der Waals surface area contributed by atoms with E-state index in [-0.39, 0.29) is 24.7 Å². The van der Waals surface area contributed by atoms with Crippen LogP contribution in [-0.4, -0.2) is 61.7 Å². The molecule has 2 aliphatic heterocycles. The van der Waals surface area contributed by atoms with E-state index in [4.69, 9.17) is 0 Å². The maximum atomic E-state index is 13.0. The largest absolute Gasteiger partial charge is 0.451 e. The molecule has 0 bridgehead atoms. The number of nitrogens with zero attached hydrogens (tertiary/aromatic N) is 8. The minimum Gasteiger partial charge on any atom is -0.341 e. The summed E-state index contributed by atoms with van der Waals surface area (Å²) in [5, 5.41) is 4.49. The van der Waals surface area contributed by atoms with Crippen LogP contribution in [0.4, 0.5) is 33.7 Å². The highest BCUT2D eigenvalue weighted by molar-refractivity contribution is 5.95. The molecule has 5 heterocycles. The number of carbonyl (C=O) groups is 1. The zero-order valence-corrected chi connectivity index (χ0v) is 17.7. The first kappa shape index (κ1) is 22.3. The van der Waals surface area contributed by atoms with Crippen LogP contribution in [0.2, 0.25) is 0 Å². The van der Waals surface area contributed by atoms with Crippen LogP contribution in [0.25, 0.3) is 11.0 Å². The standard InChI is InChI=1S/C20H19F5N8O/c21-13(22)10-33-16-12(9-28-33)8-27-18(30-16)31-5-2-19(3-6-31)7-15(34)32(11-19)14-1-4-26-17(29-14)20(23,24)25/h1,4,8-9,13H,2-3,5-7,10-11H2. The fraction of sp³-hybridized carbons (Fsp3) is 0.500. The van der Waals surface area contributed by atoms with Crippen molar-refractivity contribution in [2.24, 2.45) is 5.41 Å². The molecule has 0 aliphatic carbocycles. The molecule has 34 heavy (non-hydrogen) atoms. The lowest BCUT2D eigenvalue weighted by atomic mass is 9.77. The van der Waals surface area contributed by atoms with Crippen molar-refractivity contribution in [3.05, 3.63) is 30.5 Å². The molecule has 180 valence electrons. The molecule has 1 spiro atoms. The second-order valence-corrected chi connectivity index (χ2v) is 8.55. The second-order valence-electron chi connectivity index (χ2n) is 8.55. The van der Waals surface area contributed by atoms with Crippen LogP contribution in [0, 0.1) is 5.41 Å². The number of halogens is 5. The summed E-state index contributed by atoms with van der Waals surface area (Å²) < 4.78 is 65.7. The van der Waals surface area contributed by atoms with Gasteiger partial charge in [-0.15, -0.1) is 0 Å². The number of alkyl halides is 5. The average molecular weight is 482 g/mol. The zero-order valence-electron chi connectivity index (χ0n) is 17.7. The Morgan fingerprint density at radius 1 is 1.09 bits per heavy atom. The predicted octanol–water partition coefficient (Wildman–Crippen LogP) is 2.92. The first-order valence-electron chi connectivity index (χ1n) is 10.6. The number of anilines is 2. The second kappa shape index (κ2) is 8.09. The molecule has 1 amide bonds. The molecule has 2 aliphatic rings. The molecule has 2 saturated heterocycles. The summed E-state index contributed by atoms with van der Waals surface area (Å²) in [6, 6.07) is 1.30. The highest BCUT2D eigenvalue weighted by atomic mass is 19.4. The molecule has 3 aromatic heterocycles. The monoisotopic (exact) mass is 482 g/mol. The summed E-state index contributed by atoms with van der Waals surface area (Å²) in [4.78, 5) is 31.4. The summed E-state index contributed by atoms with van der Waals surface area (Å²) in [5.41, 5.74) is -0.0876. The molecule has 0 atom stereocenters. The van der Waals surface area contributed by atoms with E-state index in [9.17, 15) is 26.7 Å². The number of hydrogen-bond donors (Lipinski definition) is 0. The van der Waals surface area contributed by atoms with Crippen molar-refractivity contribution in [1.82, 2.24) is 29.7 Å². The zero-order chi connectivity index (χ0) is 24.1. The molecular formula is C20H19F5N8O. The van der Waals surface area contributed by atoms with Crippen LogP contribution in [0.1, 0.15) is 25.1 Å². The number of fused-ring (bicyclic) bond motifs is 1. The average Bonchev–Trinajstić information content (AvgIpc) is 3.33. The summed E-state index contributed by atoms with van der Waals surface area (Å²) in [6.45, 7) is 0.704. The number of carbonyl (C=O) groups excluding carboxylic acids is 1. The Morgan fingerprint density at radius 2 is 1.85 bits per heavy atom. The van der Waals surface area contributed by atoms with Crippen molar-refractivity contribution in [1.29, 1.82) is 0 Å². The van der Waals surface area contributed by atoms with Gasteiger partial charge in [-0.2, -0.15) is 23.3 Å². The maximum Gasteiger partial charge on any atom is 0.451 e. The highest BCUT2D eigenvalue weighted by Gasteiger charge is 2.46. The molecule has 2 fully saturated rings. The van der Waals surface area contributed by atoms with E-state index in [1.165, 1.54) is 23.4 Å². The van der Waals surface area contributed by atoms with Gasteiger partial charge in [0, 0.05) is 43.9 Å². The topological polar surface area (TPSA) is 92.9 Å². The number of hydrogen-bond acceptors (Lipinski definition) is 7. The lowest BCUT2D eigenvalue weighted by Gasteiger charge is -2.38. The third kappa shape index (κ3) is 4.12. The molecule has 3 aromatic rings. The van der Waals surface area contributed by atoms with Crippen molar-refractivity contribution in [2.75, 3.05) is 29.4 Å². The molecule has 0 radical (unpaired) electrons. The molecule has 9 nitrogen and oxygen atoms in total. The molecule has 0 N–H and O–H groups in total. The fourth-order valence-electron chi connectivity index (χ4n) is 4.53. The number of amides is 1. The van der Waals surface area contributed by atoms with Gasteiger partial charge in [0.05, 0.1) is 11.6 Å². The Morgan fingerprint density at radius 3 is 2.56 bits per heavy atom. The van der Waals surface area contributed by atoms with Crippen LogP contribution in [0.3, 0.4) is 0 Å². The van der Waals surface area contributed by atoms with Gasteiger partial charge in [0.2, 0.25) is 17.7 Å². The molecule has 5 rings (SSSR count). The lowest BCUT2D eigenvalue weighted by Crippen LogP contribution is -2.42. The number of rotatable bonds is 4. The lowest BCUT2D eigenvalue weighted by molar-refractivity contribution is -0.145. The van der Waals surface area contributed by atoms with E-state index < -0.39 is 30.4 Å². The van der Waals surface area contributed by atoms with Crippen LogP contribution >= 0.6 is 0 Å². The van der Waals surface area contributed by atoms with E-state index in [1.807, 2.05) is 4.90 Å². The normalized spacial score (nSPS) is 18.6. The quantitative estimate of drug-likeness (QED) is 0.528. The Bertz CT molecular complexity index is 1220. The first-order chi connectivity index (χ1) is 16.1. The van der Waals surface area contributed by atoms with Gasteiger partial charge >= 0.3 is 6.18 Å². The number of aromatic nitrogens is 6. The maximum absolute atomic E-state index is 13.0. The molecular weight excluding hydrogens is 463 g/mol. The Kier molecular flexibility index (Phi) is 5.32. The van der Waals surface area contributed by atoms with Crippen molar-refractivity contribution < 1.29 is 26.7 Å². The predicted molar refractivity (Wildman–Crippen MR) is 109 cm³/mol. The van der Waals surface area contributed by atoms with Gasteiger partial charge in [-0.1, -0.05) is 0 Å². The van der Waals surface area contributed by atoms with Crippen LogP contribution in [-0.2, 0) is 17.5 Å². The van der Waals surface area contributed by atoms with Crippen LogP contribution in [0.15, 0.2) is 24.7 Å². The minimum atomic E-state index is -4.70. The highest BCUT2D eigenvalue weighted by Crippen LogP contribution is 2.43. The Balaban J connectivity index is 1.30. The first-order valence-corrected chi connectivity index (χ1v) is 10.6. The van der Waals surface area contributed by atoms with E-state index >= 15 is 0 Å². The van der Waals surface area contributed by atoms with E-state index in [0.717, 1.165) is 10.9 Å². The van der Waals surface area contributed by atoms with E-state index in [0.29, 0.717) is 42.9 Å². The van der Waals surface area contributed by atoms with Crippen molar-refractivity contribution in [2.45, 2.75) is 38.4 Å². The van der Waals surface area contributed by atoms with Gasteiger partial charge in [0.1, 0.15) is 12.4 Å². The van der Waals surface area contributed by atoms with Gasteiger partial charge in [-0.25, -0.2) is 28.4 Å². The van der Waals surface area contributed by atoms with Gasteiger partial charge in [-0.3, -0.25) is 9.69 Å². The van der Waals surface area contributed by atoms with Crippen molar-refractivity contribution in [3.63, 3.8) is 0 Å². The minimum absolute atomic E-state index is 0.0623. The smallest absolute Gasteiger partial charge is 0.341 e. The molecule has 14 heteroatoms. The molecule has 0 unspecified atom stereocenters. The van der Waals surface area contributed by atoms with Gasteiger partial charge in [0.25, 0.3) is 6.43 Å². The van der Waals surface area contributed by atoms with Crippen molar-refractivity contribution >= 4 is 28.7 Å². The van der Waals surface area contributed by atoms with Crippen LogP contribution < -0.4 is 9.80 Å². The van der Waals surface area contributed by atoms with E-state index in [1.54, 1.807) is 0 Å². The summed E-state index contributed by atoms with van der Waals surface area (Å²) in [7, 11) is 0. The Labute approximate surface area is 189 Å².